The lowest BCUT2D eigenvalue weighted by atomic mass is 9.78. The van der Waals surface area contributed by atoms with Crippen LogP contribution >= 0.6 is 0 Å². The van der Waals surface area contributed by atoms with Crippen molar-refractivity contribution in [1.82, 2.24) is 0 Å². The maximum Gasteiger partial charge on any atom is 0.338 e. The molecule has 33 heavy (non-hydrogen) atoms. The molecule has 1 aliphatic heterocycles. The van der Waals surface area contributed by atoms with Gasteiger partial charge in [0.05, 0.1) is 23.1 Å². The first-order chi connectivity index (χ1) is 15.8. The third kappa shape index (κ3) is 4.44. The molecule has 1 aliphatic carbocycles. The minimum atomic E-state index is -0.664. The van der Waals surface area contributed by atoms with E-state index in [9.17, 15) is 19.2 Å². The molecular formula is C26H26N2O5. The van der Waals surface area contributed by atoms with Crippen LogP contribution in [0.5, 0.6) is 0 Å². The number of hydrogen-bond acceptors (Lipinski definition) is 5. The molecule has 2 aliphatic rings. The lowest BCUT2D eigenvalue weighted by molar-refractivity contribution is -0.123. The topological polar surface area (TPSA) is 92.8 Å². The summed E-state index contributed by atoms with van der Waals surface area (Å²) in [5, 5.41) is 2.70. The van der Waals surface area contributed by atoms with Crippen molar-refractivity contribution in [1.29, 1.82) is 0 Å². The van der Waals surface area contributed by atoms with Gasteiger partial charge in [-0.1, -0.05) is 25.1 Å². The van der Waals surface area contributed by atoms with Gasteiger partial charge in [0.1, 0.15) is 0 Å². The van der Waals surface area contributed by atoms with Crippen LogP contribution in [0.15, 0.2) is 54.6 Å². The summed E-state index contributed by atoms with van der Waals surface area (Å²) in [4.78, 5) is 51.4. The fourth-order valence-corrected chi connectivity index (χ4v) is 4.38. The van der Waals surface area contributed by atoms with Crippen LogP contribution < -0.4 is 10.2 Å². The molecule has 4 rings (SSSR count). The van der Waals surface area contributed by atoms with Gasteiger partial charge in [0.2, 0.25) is 11.8 Å². The number of amides is 3. The fraction of sp³-hybridized carbons (Fsp3) is 0.308. The zero-order valence-electron chi connectivity index (χ0n) is 18.8. The van der Waals surface area contributed by atoms with Gasteiger partial charge in [-0.2, -0.15) is 0 Å². The monoisotopic (exact) mass is 446 g/mol. The summed E-state index contributed by atoms with van der Waals surface area (Å²) in [5.41, 5.74) is 3.45. The number of benzene rings is 2. The summed E-state index contributed by atoms with van der Waals surface area (Å²) < 4.78 is 5.11. The number of allylic oxidation sites excluding steroid dienone is 2. The lowest BCUT2D eigenvalue weighted by Gasteiger charge is -2.22. The molecule has 7 nitrogen and oxygen atoms in total. The van der Waals surface area contributed by atoms with Crippen molar-refractivity contribution in [3.8, 4) is 0 Å². The molecule has 1 saturated heterocycles. The number of aryl methyl sites for hydroxylation is 2. The molecule has 0 aromatic heterocycles. The van der Waals surface area contributed by atoms with Gasteiger partial charge in [-0.15, -0.1) is 0 Å². The quantitative estimate of drug-likeness (QED) is 0.428. The van der Waals surface area contributed by atoms with E-state index in [1.165, 1.54) is 17.0 Å². The van der Waals surface area contributed by atoms with Gasteiger partial charge in [0.25, 0.3) is 5.91 Å². The highest BCUT2D eigenvalue weighted by Gasteiger charge is 2.50. The third-order valence-electron chi connectivity index (χ3n) is 6.36. The summed E-state index contributed by atoms with van der Waals surface area (Å²) in [5.74, 6) is -2.20. The highest BCUT2D eigenvalue weighted by atomic mass is 16.5. The predicted molar refractivity (Wildman–Crippen MR) is 124 cm³/mol. The van der Waals surface area contributed by atoms with E-state index in [0.717, 1.165) is 11.1 Å². The Morgan fingerprint density at radius 3 is 2.42 bits per heavy atom. The van der Waals surface area contributed by atoms with Gasteiger partial charge in [-0.25, -0.2) is 4.79 Å². The van der Waals surface area contributed by atoms with E-state index in [1.54, 1.807) is 18.2 Å². The SMILES string of the molecule is Cc1ccc(NC(=O)COC(=O)c2ccc(N3C(=O)[C@@H]4[C@H](C)C=CC[C@H]4C3=O)cc2)cc1C. The molecule has 2 aromatic rings. The molecule has 170 valence electrons. The summed E-state index contributed by atoms with van der Waals surface area (Å²) in [6.45, 7) is 5.44. The summed E-state index contributed by atoms with van der Waals surface area (Å²) in [6.07, 6.45) is 4.49. The molecule has 0 spiro atoms. The number of carbonyl (C=O) groups is 4. The molecular weight excluding hydrogens is 420 g/mol. The number of hydrogen-bond donors (Lipinski definition) is 1. The zero-order valence-corrected chi connectivity index (χ0v) is 18.8. The molecule has 7 heteroatoms. The van der Waals surface area contributed by atoms with Crippen LogP contribution in [0.3, 0.4) is 0 Å². The Kier molecular flexibility index (Phi) is 6.14. The second-order valence-corrected chi connectivity index (χ2v) is 8.64. The second kappa shape index (κ2) is 9.02. The number of nitrogens with zero attached hydrogens (tertiary/aromatic N) is 1. The minimum absolute atomic E-state index is 0.00872. The number of ether oxygens (including phenoxy) is 1. The van der Waals surface area contributed by atoms with Gasteiger partial charge < -0.3 is 10.1 Å². The average molecular weight is 447 g/mol. The minimum Gasteiger partial charge on any atom is -0.452 e. The first-order valence-electron chi connectivity index (χ1n) is 10.9. The van der Waals surface area contributed by atoms with Crippen LogP contribution in [0.2, 0.25) is 0 Å². The van der Waals surface area contributed by atoms with Gasteiger partial charge in [0, 0.05) is 5.69 Å². The van der Waals surface area contributed by atoms with E-state index in [4.69, 9.17) is 4.74 Å². The predicted octanol–water partition coefficient (Wildman–Crippen LogP) is 3.80. The van der Waals surface area contributed by atoms with Crippen LogP contribution in [0.25, 0.3) is 0 Å². The maximum atomic E-state index is 12.9. The first-order valence-corrected chi connectivity index (χ1v) is 10.9. The lowest BCUT2D eigenvalue weighted by Crippen LogP contribution is -2.31. The van der Waals surface area contributed by atoms with Gasteiger partial charge in [0.15, 0.2) is 6.61 Å². The van der Waals surface area contributed by atoms with Crippen LogP contribution in [0.1, 0.15) is 34.8 Å². The second-order valence-electron chi connectivity index (χ2n) is 8.64. The van der Waals surface area contributed by atoms with Crippen molar-refractivity contribution in [3.63, 3.8) is 0 Å². The third-order valence-corrected chi connectivity index (χ3v) is 6.36. The average Bonchev–Trinajstić information content (AvgIpc) is 3.06. The van der Waals surface area contributed by atoms with E-state index >= 15 is 0 Å². The Labute approximate surface area is 192 Å². The van der Waals surface area contributed by atoms with Crippen LogP contribution in [-0.4, -0.2) is 30.3 Å². The largest absolute Gasteiger partial charge is 0.452 e. The van der Waals surface area contributed by atoms with Gasteiger partial charge in [-0.05, 0) is 73.7 Å². The summed E-state index contributed by atoms with van der Waals surface area (Å²) in [6, 6.07) is 11.6. The Bertz CT molecular complexity index is 1150. The van der Waals surface area contributed by atoms with Crippen LogP contribution in [-0.2, 0) is 19.1 Å². The van der Waals surface area contributed by atoms with Crippen LogP contribution in [0.4, 0.5) is 11.4 Å². The molecule has 3 atom stereocenters. The summed E-state index contributed by atoms with van der Waals surface area (Å²) in [7, 11) is 0. The van der Waals surface area contributed by atoms with E-state index in [1.807, 2.05) is 45.1 Å². The zero-order chi connectivity index (χ0) is 23.7. The highest BCUT2D eigenvalue weighted by molar-refractivity contribution is 6.22. The Morgan fingerprint density at radius 2 is 1.76 bits per heavy atom. The number of esters is 1. The molecule has 0 radical (unpaired) electrons. The van der Waals surface area contributed by atoms with Crippen molar-refractivity contribution < 1.29 is 23.9 Å². The van der Waals surface area contributed by atoms with Gasteiger partial charge in [-0.3, -0.25) is 19.3 Å². The van der Waals surface area contributed by atoms with Crippen molar-refractivity contribution in [3.05, 3.63) is 71.3 Å². The van der Waals surface area contributed by atoms with Crippen molar-refractivity contribution >= 4 is 35.1 Å². The molecule has 0 saturated carbocycles. The van der Waals surface area contributed by atoms with Crippen molar-refractivity contribution in [2.45, 2.75) is 27.2 Å². The summed E-state index contributed by atoms with van der Waals surface area (Å²) >= 11 is 0. The van der Waals surface area contributed by atoms with E-state index < -0.39 is 18.5 Å². The number of rotatable bonds is 5. The number of anilines is 2. The van der Waals surface area contributed by atoms with E-state index in [2.05, 4.69) is 5.32 Å². The molecule has 2 aromatic carbocycles. The van der Waals surface area contributed by atoms with E-state index in [-0.39, 0.29) is 35.1 Å². The smallest absolute Gasteiger partial charge is 0.338 e. The number of fused-ring (bicyclic) bond motifs is 1. The number of imide groups is 1. The van der Waals surface area contributed by atoms with Crippen LogP contribution in [0, 0.1) is 31.6 Å². The van der Waals surface area contributed by atoms with E-state index in [0.29, 0.717) is 17.8 Å². The maximum absolute atomic E-state index is 12.9. The number of nitrogens with one attached hydrogen (secondary N) is 1. The molecule has 0 unspecified atom stereocenters. The molecule has 1 fully saturated rings. The Morgan fingerprint density at radius 1 is 1.03 bits per heavy atom. The Hall–Kier alpha value is -3.74. The fourth-order valence-electron chi connectivity index (χ4n) is 4.38. The molecule has 1 heterocycles. The first kappa shape index (κ1) is 22.5. The van der Waals surface area contributed by atoms with Gasteiger partial charge >= 0.3 is 5.97 Å². The molecule has 1 N–H and O–H groups in total. The molecule has 3 amide bonds. The van der Waals surface area contributed by atoms with Crippen molar-refractivity contribution in [2.75, 3.05) is 16.8 Å². The normalized spacial score (nSPS) is 21.7. The highest BCUT2D eigenvalue weighted by Crippen LogP contribution is 2.40. The standard InChI is InChI=1S/C26H26N2O5/c1-15-7-10-19(13-17(15)3)27-22(29)14-33-26(32)18-8-11-20(12-9-18)28-24(30)21-6-4-5-16(2)23(21)25(28)31/h4-5,7-13,16,21,23H,6,14H2,1-3H3,(H,27,29)/t16-,21-,23-/m1/s1. The van der Waals surface area contributed by atoms with Crippen molar-refractivity contribution in [2.24, 2.45) is 17.8 Å². The molecule has 0 bridgehead atoms. The Balaban J connectivity index is 1.36. The number of carbonyl (C=O) groups excluding carboxylic acids is 4.